The van der Waals surface area contributed by atoms with Crippen LogP contribution < -0.4 is 11.1 Å². The molecule has 5 heteroatoms. The van der Waals surface area contributed by atoms with Gasteiger partial charge in [0.15, 0.2) is 0 Å². The maximum absolute atomic E-state index is 5.93. The van der Waals surface area contributed by atoms with E-state index in [1.165, 1.54) is 12.8 Å². The lowest BCUT2D eigenvalue weighted by atomic mass is 9.92. The van der Waals surface area contributed by atoms with E-state index in [2.05, 4.69) is 20.7 Å². The Morgan fingerprint density at radius 3 is 2.85 bits per heavy atom. The molecule has 0 saturated heterocycles. The van der Waals surface area contributed by atoms with Gasteiger partial charge in [-0.15, -0.1) is 11.3 Å². The number of aromatic nitrogens is 2. The van der Waals surface area contributed by atoms with E-state index in [1.54, 1.807) is 17.5 Å². The van der Waals surface area contributed by atoms with E-state index >= 15 is 0 Å². The van der Waals surface area contributed by atoms with Gasteiger partial charge in [-0.25, -0.2) is 4.98 Å². The van der Waals surface area contributed by atoms with Crippen molar-refractivity contribution in [3.8, 4) is 10.7 Å². The summed E-state index contributed by atoms with van der Waals surface area (Å²) in [6.45, 7) is 0.837. The molecule has 0 unspecified atom stereocenters. The quantitative estimate of drug-likeness (QED) is 0.907. The maximum atomic E-state index is 5.93. The summed E-state index contributed by atoms with van der Waals surface area (Å²) in [5.41, 5.74) is 7.98. The average molecular weight is 288 g/mol. The topological polar surface area (TPSA) is 63.8 Å². The summed E-state index contributed by atoms with van der Waals surface area (Å²) >= 11 is 1.66. The second-order valence-corrected chi connectivity index (χ2v) is 6.21. The minimum atomic E-state index is 0.406. The van der Waals surface area contributed by atoms with Crippen LogP contribution >= 0.6 is 11.3 Å². The third-order valence-electron chi connectivity index (χ3n) is 3.78. The Bertz CT molecular complexity index is 532. The average Bonchev–Trinajstić information content (AvgIpc) is 2.97. The lowest BCUT2D eigenvalue weighted by Crippen LogP contribution is -2.37. The van der Waals surface area contributed by atoms with Crippen LogP contribution in [0.5, 0.6) is 0 Å². The predicted octanol–water partition coefficient (Wildman–Crippen LogP) is 2.56. The Hall–Kier alpha value is -1.30. The molecule has 2 aromatic rings. The summed E-state index contributed by atoms with van der Waals surface area (Å²) in [5.74, 6) is 0. The Labute approximate surface area is 123 Å². The van der Waals surface area contributed by atoms with Crippen LogP contribution in [0, 0.1) is 0 Å². The number of nitrogens with two attached hydrogens (primary N) is 1. The van der Waals surface area contributed by atoms with E-state index in [9.17, 15) is 0 Å². The summed E-state index contributed by atoms with van der Waals surface area (Å²) in [4.78, 5) is 8.98. The van der Waals surface area contributed by atoms with Gasteiger partial charge in [0.1, 0.15) is 5.01 Å². The van der Waals surface area contributed by atoms with Crippen molar-refractivity contribution in [1.82, 2.24) is 15.3 Å². The molecule has 0 radical (unpaired) electrons. The van der Waals surface area contributed by atoms with E-state index < -0.39 is 0 Å². The molecule has 4 nitrogen and oxygen atoms in total. The molecule has 0 aromatic carbocycles. The van der Waals surface area contributed by atoms with Crippen LogP contribution in [-0.4, -0.2) is 22.1 Å². The number of nitrogens with one attached hydrogen (secondary N) is 1. The normalized spacial score (nSPS) is 22.9. The lowest BCUT2D eigenvalue weighted by Gasteiger charge is -2.26. The summed E-state index contributed by atoms with van der Waals surface area (Å²) in [6.07, 6.45) is 6.43. The Morgan fingerprint density at radius 2 is 2.10 bits per heavy atom. The first kappa shape index (κ1) is 13.7. The highest BCUT2D eigenvalue weighted by Gasteiger charge is 2.18. The first-order valence-corrected chi connectivity index (χ1v) is 8.04. The van der Waals surface area contributed by atoms with Gasteiger partial charge in [0, 0.05) is 30.2 Å². The van der Waals surface area contributed by atoms with Crippen molar-refractivity contribution in [2.75, 3.05) is 0 Å². The summed E-state index contributed by atoms with van der Waals surface area (Å²) in [5, 5.41) is 6.70. The molecule has 106 valence electrons. The smallest absolute Gasteiger partial charge is 0.142 e. The van der Waals surface area contributed by atoms with Gasteiger partial charge in [-0.3, -0.25) is 4.98 Å². The van der Waals surface area contributed by atoms with Gasteiger partial charge in [0.2, 0.25) is 0 Å². The van der Waals surface area contributed by atoms with Crippen LogP contribution in [0.4, 0.5) is 0 Å². The Balaban J connectivity index is 1.55. The molecule has 0 atom stereocenters. The van der Waals surface area contributed by atoms with Gasteiger partial charge in [0.05, 0.1) is 11.4 Å². The number of rotatable bonds is 4. The second kappa shape index (κ2) is 6.43. The first-order chi connectivity index (χ1) is 9.81. The highest BCUT2D eigenvalue weighted by atomic mass is 32.1. The van der Waals surface area contributed by atoms with E-state index in [0.29, 0.717) is 12.1 Å². The number of hydrogen-bond acceptors (Lipinski definition) is 5. The number of thiazole rings is 1. The highest BCUT2D eigenvalue weighted by Crippen LogP contribution is 2.22. The van der Waals surface area contributed by atoms with Crippen molar-refractivity contribution in [3.63, 3.8) is 0 Å². The fourth-order valence-electron chi connectivity index (χ4n) is 2.57. The molecule has 2 aromatic heterocycles. The molecule has 2 heterocycles. The van der Waals surface area contributed by atoms with Crippen LogP contribution in [0.3, 0.4) is 0 Å². The standard InChI is InChI=1S/C15H20N4S/c16-11-4-6-12(7-5-11)18-9-13-10-20-15(19-13)14-3-1-2-8-17-14/h1-3,8,10-12,18H,4-7,9,16H2. The highest BCUT2D eigenvalue weighted by molar-refractivity contribution is 7.13. The molecule has 3 N–H and O–H groups in total. The largest absolute Gasteiger partial charge is 0.328 e. The van der Waals surface area contributed by atoms with Crippen LogP contribution in [0.2, 0.25) is 0 Å². The molecule has 0 bridgehead atoms. The molecule has 1 saturated carbocycles. The van der Waals surface area contributed by atoms with Crippen molar-refractivity contribution in [2.24, 2.45) is 5.73 Å². The zero-order chi connectivity index (χ0) is 13.8. The van der Waals surface area contributed by atoms with E-state index in [4.69, 9.17) is 5.73 Å². The summed E-state index contributed by atoms with van der Waals surface area (Å²) < 4.78 is 0. The molecule has 0 spiro atoms. The first-order valence-electron chi connectivity index (χ1n) is 7.16. The molecule has 0 amide bonds. The monoisotopic (exact) mass is 288 g/mol. The third kappa shape index (κ3) is 3.42. The molecule has 1 aliphatic rings. The van der Waals surface area contributed by atoms with Crippen LogP contribution in [-0.2, 0) is 6.54 Å². The van der Waals surface area contributed by atoms with E-state index in [-0.39, 0.29) is 0 Å². The molecule has 1 aliphatic carbocycles. The molecule has 0 aliphatic heterocycles. The van der Waals surface area contributed by atoms with Crippen LogP contribution in [0.1, 0.15) is 31.4 Å². The predicted molar refractivity (Wildman–Crippen MR) is 82.4 cm³/mol. The SMILES string of the molecule is NC1CCC(NCc2csc(-c3ccccn3)n2)CC1. The zero-order valence-electron chi connectivity index (χ0n) is 11.5. The van der Waals surface area contributed by atoms with Crippen LogP contribution in [0.25, 0.3) is 10.7 Å². The van der Waals surface area contributed by atoms with Crippen LogP contribution in [0.15, 0.2) is 29.8 Å². The van der Waals surface area contributed by atoms with Gasteiger partial charge in [-0.1, -0.05) is 6.07 Å². The minimum absolute atomic E-state index is 0.406. The Kier molecular flexibility index (Phi) is 4.40. The molecular formula is C15H20N4S. The maximum Gasteiger partial charge on any atom is 0.142 e. The molecule has 1 fully saturated rings. The number of nitrogens with zero attached hydrogens (tertiary/aromatic N) is 2. The van der Waals surface area contributed by atoms with Gasteiger partial charge >= 0.3 is 0 Å². The minimum Gasteiger partial charge on any atom is -0.328 e. The lowest BCUT2D eigenvalue weighted by molar-refractivity contribution is 0.341. The van der Waals surface area contributed by atoms with Gasteiger partial charge in [0.25, 0.3) is 0 Å². The van der Waals surface area contributed by atoms with Crippen molar-refractivity contribution >= 4 is 11.3 Å². The summed E-state index contributed by atoms with van der Waals surface area (Å²) in [7, 11) is 0. The molecular weight excluding hydrogens is 268 g/mol. The zero-order valence-corrected chi connectivity index (χ0v) is 12.3. The fourth-order valence-corrected chi connectivity index (χ4v) is 3.36. The third-order valence-corrected chi connectivity index (χ3v) is 4.69. The van der Waals surface area contributed by atoms with Gasteiger partial charge in [-0.05, 0) is 37.8 Å². The van der Waals surface area contributed by atoms with Crippen molar-refractivity contribution < 1.29 is 0 Å². The number of pyridine rings is 1. The fraction of sp³-hybridized carbons (Fsp3) is 0.467. The second-order valence-electron chi connectivity index (χ2n) is 5.35. The van der Waals surface area contributed by atoms with Gasteiger partial charge < -0.3 is 11.1 Å². The van der Waals surface area contributed by atoms with E-state index in [0.717, 1.165) is 35.8 Å². The molecule has 3 rings (SSSR count). The number of hydrogen-bond donors (Lipinski definition) is 2. The Morgan fingerprint density at radius 1 is 1.25 bits per heavy atom. The van der Waals surface area contributed by atoms with E-state index in [1.807, 2.05) is 18.2 Å². The summed E-state index contributed by atoms with van der Waals surface area (Å²) in [6, 6.07) is 6.91. The van der Waals surface area contributed by atoms with Crippen molar-refractivity contribution in [3.05, 3.63) is 35.5 Å². The van der Waals surface area contributed by atoms with Crippen molar-refractivity contribution in [2.45, 2.75) is 44.3 Å². The van der Waals surface area contributed by atoms with Crippen molar-refractivity contribution in [1.29, 1.82) is 0 Å². The molecule has 20 heavy (non-hydrogen) atoms. The van der Waals surface area contributed by atoms with Gasteiger partial charge in [-0.2, -0.15) is 0 Å².